The molecule has 0 saturated heterocycles. The van der Waals surface area contributed by atoms with E-state index in [-0.39, 0.29) is 12.7 Å². The fourth-order valence-corrected chi connectivity index (χ4v) is 1.15. The second-order valence-electron chi connectivity index (χ2n) is 3.55. The summed E-state index contributed by atoms with van der Waals surface area (Å²) in [5.74, 6) is 0.304. The fourth-order valence-electron chi connectivity index (χ4n) is 1.15. The summed E-state index contributed by atoms with van der Waals surface area (Å²) in [5.41, 5.74) is 0. The van der Waals surface area contributed by atoms with Gasteiger partial charge in [-0.2, -0.15) is 5.26 Å². The predicted molar refractivity (Wildman–Crippen MR) is 54.0 cm³/mol. The molecule has 1 N–H and O–H groups in total. The first-order valence-corrected chi connectivity index (χ1v) is 4.84. The number of nitriles is 1. The highest BCUT2D eigenvalue weighted by molar-refractivity contribution is 5.11. The van der Waals surface area contributed by atoms with Crippen LogP contribution in [0.4, 0.5) is 0 Å². The predicted octanol–water partition coefficient (Wildman–Crippen LogP) is 0.541. The molecule has 1 atom stereocenters. The van der Waals surface area contributed by atoms with Gasteiger partial charge in [0.25, 0.3) is 0 Å². The number of hydrogen-bond acceptors (Lipinski definition) is 4. The highest BCUT2D eigenvalue weighted by Crippen LogP contribution is 2.00. The van der Waals surface area contributed by atoms with Gasteiger partial charge >= 0.3 is 0 Å². The van der Waals surface area contributed by atoms with Gasteiger partial charge in [0.1, 0.15) is 6.07 Å². The zero-order chi connectivity index (χ0) is 11.3. The molecule has 0 aliphatic heterocycles. The Morgan fingerprint density at radius 1 is 1.67 bits per heavy atom. The lowest BCUT2D eigenvalue weighted by atomic mass is 10.3. The Kier molecular flexibility index (Phi) is 4.28. The van der Waals surface area contributed by atoms with Crippen molar-refractivity contribution < 1.29 is 9.84 Å². The first-order chi connectivity index (χ1) is 7.13. The third-order valence-corrected chi connectivity index (χ3v) is 1.84. The standard InChI is InChI=1S/C10H15N3O2/c1-8(2)15-7-9(14)6-13-4-3-12-10(13)5-11/h3-4,8-9,14H,6-7H2,1-2H3. The molecule has 0 aromatic carbocycles. The van der Waals surface area contributed by atoms with Crippen molar-refractivity contribution >= 4 is 0 Å². The van der Waals surface area contributed by atoms with Crippen LogP contribution in [0.2, 0.25) is 0 Å². The minimum atomic E-state index is -0.617. The molecule has 0 spiro atoms. The third-order valence-electron chi connectivity index (χ3n) is 1.84. The van der Waals surface area contributed by atoms with Gasteiger partial charge in [0.15, 0.2) is 0 Å². The molecule has 1 heterocycles. The van der Waals surface area contributed by atoms with E-state index in [1.165, 1.54) is 6.20 Å². The van der Waals surface area contributed by atoms with Crippen molar-refractivity contribution in [3.63, 3.8) is 0 Å². The second kappa shape index (κ2) is 5.49. The van der Waals surface area contributed by atoms with E-state index in [0.29, 0.717) is 12.4 Å². The Morgan fingerprint density at radius 2 is 2.40 bits per heavy atom. The van der Waals surface area contributed by atoms with E-state index in [2.05, 4.69) is 4.98 Å². The van der Waals surface area contributed by atoms with Crippen molar-refractivity contribution in [1.29, 1.82) is 5.26 Å². The van der Waals surface area contributed by atoms with Crippen molar-refractivity contribution in [2.45, 2.75) is 32.6 Å². The lowest BCUT2D eigenvalue weighted by molar-refractivity contribution is -0.000793. The molecular formula is C10H15N3O2. The van der Waals surface area contributed by atoms with Gasteiger partial charge in [-0.3, -0.25) is 0 Å². The van der Waals surface area contributed by atoms with Crippen molar-refractivity contribution in [1.82, 2.24) is 9.55 Å². The molecule has 82 valence electrons. The molecule has 5 nitrogen and oxygen atoms in total. The van der Waals surface area contributed by atoms with Crippen LogP contribution in [0.1, 0.15) is 19.7 Å². The zero-order valence-electron chi connectivity index (χ0n) is 8.92. The van der Waals surface area contributed by atoms with E-state index in [0.717, 1.165) is 0 Å². The molecule has 5 heteroatoms. The van der Waals surface area contributed by atoms with Gasteiger partial charge in [-0.1, -0.05) is 0 Å². The van der Waals surface area contributed by atoms with Crippen molar-refractivity contribution in [2.75, 3.05) is 6.61 Å². The summed E-state index contributed by atoms with van der Waals surface area (Å²) in [6.07, 6.45) is 2.68. The Morgan fingerprint density at radius 3 is 3.00 bits per heavy atom. The average Bonchev–Trinajstić information content (AvgIpc) is 2.62. The Bertz CT molecular complexity index is 341. The van der Waals surface area contributed by atoms with Crippen LogP contribution < -0.4 is 0 Å². The van der Waals surface area contributed by atoms with Gasteiger partial charge in [-0.25, -0.2) is 4.98 Å². The molecule has 0 aliphatic rings. The molecule has 1 unspecified atom stereocenters. The van der Waals surface area contributed by atoms with Crippen LogP contribution in [0, 0.1) is 11.3 Å². The summed E-state index contributed by atoms with van der Waals surface area (Å²) in [5, 5.41) is 18.3. The smallest absolute Gasteiger partial charge is 0.212 e. The largest absolute Gasteiger partial charge is 0.389 e. The maximum absolute atomic E-state index is 9.61. The molecule has 0 saturated carbocycles. The number of aliphatic hydroxyl groups excluding tert-OH is 1. The normalized spacial score (nSPS) is 12.7. The Hall–Kier alpha value is -1.38. The second-order valence-corrected chi connectivity index (χ2v) is 3.55. The Balaban J connectivity index is 2.45. The first kappa shape index (κ1) is 11.7. The number of hydrogen-bond donors (Lipinski definition) is 1. The van der Waals surface area contributed by atoms with Gasteiger partial charge in [-0.05, 0) is 13.8 Å². The van der Waals surface area contributed by atoms with Gasteiger partial charge in [0.2, 0.25) is 5.82 Å². The van der Waals surface area contributed by atoms with Crippen LogP contribution in [-0.4, -0.2) is 33.5 Å². The van der Waals surface area contributed by atoms with E-state index in [9.17, 15) is 5.11 Å². The van der Waals surface area contributed by atoms with E-state index < -0.39 is 6.10 Å². The van der Waals surface area contributed by atoms with Gasteiger partial charge in [0.05, 0.1) is 25.4 Å². The minimum Gasteiger partial charge on any atom is -0.389 e. The maximum Gasteiger partial charge on any atom is 0.212 e. The minimum absolute atomic E-state index is 0.0953. The molecule has 0 aliphatic carbocycles. The number of aliphatic hydroxyl groups is 1. The van der Waals surface area contributed by atoms with Gasteiger partial charge in [-0.15, -0.1) is 0 Å². The lowest BCUT2D eigenvalue weighted by Gasteiger charge is -2.14. The molecule has 0 fully saturated rings. The fraction of sp³-hybridized carbons (Fsp3) is 0.600. The van der Waals surface area contributed by atoms with Crippen LogP contribution >= 0.6 is 0 Å². The molecule has 0 amide bonds. The van der Waals surface area contributed by atoms with Crippen LogP contribution in [0.25, 0.3) is 0 Å². The quantitative estimate of drug-likeness (QED) is 0.768. The van der Waals surface area contributed by atoms with Crippen LogP contribution in [0.5, 0.6) is 0 Å². The highest BCUT2D eigenvalue weighted by Gasteiger charge is 2.09. The molecule has 0 radical (unpaired) electrons. The summed E-state index contributed by atoms with van der Waals surface area (Å²) in [6.45, 7) is 4.41. The number of rotatable bonds is 5. The first-order valence-electron chi connectivity index (χ1n) is 4.84. The van der Waals surface area contributed by atoms with E-state index in [1.807, 2.05) is 19.9 Å². The van der Waals surface area contributed by atoms with Gasteiger partial charge in [0, 0.05) is 12.4 Å². The number of ether oxygens (including phenoxy) is 1. The monoisotopic (exact) mass is 209 g/mol. The van der Waals surface area contributed by atoms with Crippen molar-refractivity contribution in [3.8, 4) is 6.07 Å². The van der Waals surface area contributed by atoms with E-state index in [1.54, 1.807) is 10.8 Å². The SMILES string of the molecule is CC(C)OCC(O)Cn1ccnc1C#N. The Labute approximate surface area is 88.9 Å². The van der Waals surface area contributed by atoms with Gasteiger partial charge < -0.3 is 14.4 Å². The number of aromatic nitrogens is 2. The van der Waals surface area contributed by atoms with Crippen LogP contribution in [0.3, 0.4) is 0 Å². The van der Waals surface area contributed by atoms with E-state index in [4.69, 9.17) is 10.00 Å². The lowest BCUT2D eigenvalue weighted by Crippen LogP contribution is -2.24. The molecular weight excluding hydrogens is 194 g/mol. The van der Waals surface area contributed by atoms with E-state index >= 15 is 0 Å². The maximum atomic E-state index is 9.61. The highest BCUT2D eigenvalue weighted by atomic mass is 16.5. The summed E-state index contributed by atoms with van der Waals surface area (Å²) < 4.78 is 6.86. The molecule has 1 rings (SSSR count). The van der Waals surface area contributed by atoms with Crippen molar-refractivity contribution in [2.24, 2.45) is 0 Å². The third kappa shape index (κ3) is 3.70. The van der Waals surface area contributed by atoms with Crippen LogP contribution in [0.15, 0.2) is 12.4 Å². The topological polar surface area (TPSA) is 71.1 Å². The summed E-state index contributed by atoms with van der Waals surface area (Å²) in [7, 11) is 0. The summed E-state index contributed by atoms with van der Waals surface area (Å²) in [6, 6.07) is 1.95. The average molecular weight is 209 g/mol. The number of imidazole rings is 1. The summed E-state index contributed by atoms with van der Waals surface area (Å²) in [4.78, 5) is 3.83. The summed E-state index contributed by atoms with van der Waals surface area (Å²) >= 11 is 0. The van der Waals surface area contributed by atoms with Crippen molar-refractivity contribution in [3.05, 3.63) is 18.2 Å². The molecule has 15 heavy (non-hydrogen) atoms. The molecule has 1 aromatic rings. The number of nitrogens with zero attached hydrogens (tertiary/aromatic N) is 3. The zero-order valence-corrected chi connectivity index (χ0v) is 8.92. The van der Waals surface area contributed by atoms with Crippen LogP contribution in [-0.2, 0) is 11.3 Å². The molecule has 1 aromatic heterocycles. The molecule has 0 bridgehead atoms.